The molecular formula is C8H18N2. The van der Waals surface area contributed by atoms with Crippen LogP contribution >= 0.6 is 0 Å². The summed E-state index contributed by atoms with van der Waals surface area (Å²) < 4.78 is 0. The van der Waals surface area contributed by atoms with Gasteiger partial charge in [-0.1, -0.05) is 6.92 Å². The summed E-state index contributed by atoms with van der Waals surface area (Å²) in [5.74, 6) is 0.686. The van der Waals surface area contributed by atoms with Gasteiger partial charge in [0.25, 0.3) is 0 Å². The number of nitrogens with one attached hydrogen (secondary N) is 1. The summed E-state index contributed by atoms with van der Waals surface area (Å²) in [5.41, 5.74) is 5.48. The van der Waals surface area contributed by atoms with Crippen LogP contribution in [-0.4, -0.2) is 19.1 Å². The maximum absolute atomic E-state index is 5.48. The summed E-state index contributed by atoms with van der Waals surface area (Å²) in [6, 6.07) is 0.852. The lowest BCUT2D eigenvalue weighted by Gasteiger charge is -2.07. The maximum Gasteiger partial charge on any atom is 0.00682 e. The van der Waals surface area contributed by atoms with Gasteiger partial charge in [-0.3, -0.25) is 0 Å². The van der Waals surface area contributed by atoms with Crippen LogP contribution in [0.2, 0.25) is 0 Å². The fourth-order valence-corrected chi connectivity index (χ4v) is 0.939. The second-order valence-corrected chi connectivity index (χ2v) is 3.36. The molecule has 1 atom stereocenters. The van der Waals surface area contributed by atoms with Crippen molar-refractivity contribution in [2.75, 3.05) is 13.1 Å². The molecule has 1 fully saturated rings. The summed E-state index contributed by atoms with van der Waals surface area (Å²) in [5, 5.41) is 3.47. The van der Waals surface area contributed by atoms with Gasteiger partial charge in [0.2, 0.25) is 0 Å². The van der Waals surface area contributed by atoms with Gasteiger partial charge in [-0.05, 0) is 38.3 Å². The van der Waals surface area contributed by atoms with Gasteiger partial charge in [0.05, 0.1) is 0 Å². The quantitative estimate of drug-likeness (QED) is 0.593. The molecule has 1 aliphatic rings. The van der Waals surface area contributed by atoms with Gasteiger partial charge in [0, 0.05) is 6.04 Å². The zero-order chi connectivity index (χ0) is 7.40. The third-order valence-electron chi connectivity index (χ3n) is 2.05. The molecule has 0 aromatic carbocycles. The molecule has 2 heteroatoms. The van der Waals surface area contributed by atoms with Crippen molar-refractivity contribution in [3.8, 4) is 0 Å². The highest BCUT2D eigenvalue weighted by molar-refractivity contribution is 4.80. The summed E-state index contributed by atoms with van der Waals surface area (Å²) in [6.45, 7) is 4.18. The van der Waals surface area contributed by atoms with E-state index in [9.17, 15) is 0 Å². The number of hydrogen-bond acceptors (Lipinski definition) is 2. The lowest BCUT2D eigenvalue weighted by molar-refractivity contribution is 0.508. The molecule has 0 saturated heterocycles. The third-order valence-corrected chi connectivity index (χ3v) is 2.05. The average Bonchev–Trinajstić information content (AvgIpc) is 2.71. The fourth-order valence-electron chi connectivity index (χ4n) is 0.939. The van der Waals surface area contributed by atoms with E-state index < -0.39 is 0 Å². The van der Waals surface area contributed by atoms with Crippen molar-refractivity contribution in [1.82, 2.24) is 5.32 Å². The fraction of sp³-hybridized carbons (Fsp3) is 1.00. The van der Waals surface area contributed by atoms with Gasteiger partial charge in [-0.25, -0.2) is 0 Å². The standard InChI is InChI=1S/C8H18N2/c1-7(6-9)4-5-10-8-2-3-8/h7-8,10H,2-6,9H2,1H3. The van der Waals surface area contributed by atoms with Crippen molar-refractivity contribution in [2.45, 2.75) is 32.2 Å². The first-order valence-electron chi connectivity index (χ1n) is 4.26. The zero-order valence-electron chi connectivity index (χ0n) is 6.77. The van der Waals surface area contributed by atoms with Crippen LogP contribution in [-0.2, 0) is 0 Å². The van der Waals surface area contributed by atoms with Crippen LogP contribution in [0.3, 0.4) is 0 Å². The van der Waals surface area contributed by atoms with Gasteiger partial charge >= 0.3 is 0 Å². The van der Waals surface area contributed by atoms with Crippen LogP contribution in [0.1, 0.15) is 26.2 Å². The molecule has 0 aliphatic heterocycles. The van der Waals surface area contributed by atoms with Gasteiger partial charge in [-0.15, -0.1) is 0 Å². The van der Waals surface area contributed by atoms with E-state index in [2.05, 4.69) is 12.2 Å². The maximum atomic E-state index is 5.48. The molecule has 0 aromatic heterocycles. The molecule has 0 aromatic rings. The molecule has 1 saturated carbocycles. The number of rotatable bonds is 5. The lowest BCUT2D eigenvalue weighted by Crippen LogP contribution is -2.22. The Balaban J connectivity index is 1.83. The van der Waals surface area contributed by atoms with Crippen molar-refractivity contribution in [1.29, 1.82) is 0 Å². The van der Waals surface area contributed by atoms with Gasteiger partial charge in [0.1, 0.15) is 0 Å². The first-order valence-corrected chi connectivity index (χ1v) is 4.26. The predicted octanol–water partition coefficient (Wildman–Crippen LogP) is 0.723. The Bertz CT molecular complexity index is 89.3. The van der Waals surface area contributed by atoms with Gasteiger partial charge in [0.15, 0.2) is 0 Å². The SMILES string of the molecule is CC(CN)CCNC1CC1. The molecule has 10 heavy (non-hydrogen) atoms. The molecule has 0 bridgehead atoms. The monoisotopic (exact) mass is 142 g/mol. The molecule has 1 unspecified atom stereocenters. The summed E-state index contributed by atoms with van der Waals surface area (Å²) >= 11 is 0. The van der Waals surface area contributed by atoms with Crippen LogP contribution < -0.4 is 11.1 Å². The van der Waals surface area contributed by atoms with Crippen molar-refractivity contribution in [3.05, 3.63) is 0 Å². The van der Waals surface area contributed by atoms with E-state index in [0.29, 0.717) is 5.92 Å². The average molecular weight is 142 g/mol. The molecule has 1 aliphatic carbocycles. The van der Waals surface area contributed by atoms with E-state index in [4.69, 9.17) is 5.73 Å². The second kappa shape index (κ2) is 3.94. The second-order valence-electron chi connectivity index (χ2n) is 3.36. The third kappa shape index (κ3) is 3.18. The molecule has 1 rings (SSSR count). The summed E-state index contributed by atoms with van der Waals surface area (Å²) in [7, 11) is 0. The van der Waals surface area contributed by atoms with E-state index in [1.54, 1.807) is 0 Å². The Hall–Kier alpha value is -0.0800. The Morgan fingerprint density at radius 1 is 1.60 bits per heavy atom. The first-order chi connectivity index (χ1) is 4.83. The van der Waals surface area contributed by atoms with Crippen LogP contribution in [0, 0.1) is 5.92 Å². The highest BCUT2D eigenvalue weighted by Crippen LogP contribution is 2.18. The topological polar surface area (TPSA) is 38.0 Å². The van der Waals surface area contributed by atoms with Crippen LogP contribution in [0.5, 0.6) is 0 Å². The molecule has 2 nitrogen and oxygen atoms in total. The molecule has 0 amide bonds. The normalized spacial score (nSPS) is 21.0. The van der Waals surface area contributed by atoms with Gasteiger partial charge < -0.3 is 11.1 Å². The molecule has 60 valence electrons. The highest BCUT2D eigenvalue weighted by Gasteiger charge is 2.19. The number of hydrogen-bond donors (Lipinski definition) is 2. The molecule has 0 radical (unpaired) electrons. The smallest absolute Gasteiger partial charge is 0.00682 e. The van der Waals surface area contributed by atoms with Crippen LogP contribution in [0.4, 0.5) is 0 Å². The number of nitrogens with two attached hydrogens (primary N) is 1. The molecule has 0 spiro atoms. The Labute approximate surface area is 63.2 Å². The van der Waals surface area contributed by atoms with E-state index >= 15 is 0 Å². The van der Waals surface area contributed by atoms with E-state index in [-0.39, 0.29) is 0 Å². The Morgan fingerprint density at radius 3 is 2.80 bits per heavy atom. The predicted molar refractivity (Wildman–Crippen MR) is 43.9 cm³/mol. The van der Waals surface area contributed by atoms with Crippen molar-refractivity contribution >= 4 is 0 Å². The Kier molecular flexibility index (Phi) is 3.16. The largest absolute Gasteiger partial charge is 0.330 e. The van der Waals surface area contributed by atoms with Crippen molar-refractivity contribution in [2.24, 2.45) is 11.7 Å². The van der Waals surface area contributed by atoms with Gasteiger partial charge in [-0.2, -0.15) is 0 Å². The summed E-state index contributed by atoms with van der Waals surface area (Å²) in [4.78, 5) is 0. The van der Waals surface area contributed by atoms with E-state index in [1.165, 1.54) is 19.3 Å². The molecule has 0 heterocycles. The lowest BCUT2D eigenvalue weighted by atomic mass is 10.1. The van der Waals surface area contributed by atoms with Crippen molar-refractivity contribution in [3.63, 3.8) is 0 Å². The summed E-state index contributed by atoms with van der Waals surface area (Å²) in [6.07, 6.45) is 4.00. The highest BCUT2D eigenvalue weighted by atomic mass is 14.9. The van der Waals surface area contributed by atoms with Crippen LogP contribution in [0.15, 0.2) is 0 Å². The molecule has 3 N–H and O–H groups in total. The molecular weight excluding hydrogens is 124 g/mol. The minimum atomic E-state index is 0.686. The van der Waals surface area contributed by atoms with Crippen molar-refractivity contribution < 1.29 is 0 Å². The minimum Gasteiger partial charge on any atom is -0.330 e. The Morgan fingerprint density at radius 2 is 2.30 bits per heavy atom. The zero-order valence-corrected chi connectivity index (χ0v) is 6.77. The van der Waals surface area contributed by atoms with E-state index in [0.717, 1.165) is 19.1 Å². The van der Waals surface area contributed by atoms with Crippen LogP contribution in [0.25, 0.3) is 0 Å². The van der Waals surface area contributed by atoms with E-state index in [1.807, 2.05) is 0 Å². The minimum absolute atomic E-state index is 0.686. The first kappa shape index (κ1) is 8.02.